The maximum Gasteiger partial charge on any atom is 0.332 e. The van der Waals surface area contributed by atoms with Crippen molar-refractivity contribution in [1.82, 2.24) is 18.7 Å². The molecule has 1 aliphatic heterocycles. The Morgan fingerprint density at radius 2 is 1.70 bits per heavy atom. The minimum Gasteiger partial charge on any atom is -0.340 e. The van der Waals surface area contributed by atoms with Crippen LogP contribution in [0.25, 0.3) is 11.2 Å². The Morgan fingerprint density at radius 1 is 1.04 bits per heavy atom. The Bertz CT molecular complexity index is 856. The smallest absolute Gasteiger partial charge is 0.332 e. The Hall–Kier alpha value is -2.05. The molecule has 0 unspecified atom stereocenters. The Balaban J connectivity index is 2.24. The van der Waals surface area contributed by atoms with Gasteiger partial charge in [-0.2, -0.15) is 4.98 Å². The van der Waals surface area contributed by atoms with Gasteiger partial charge in [0.25, 0.3) is 5.56 Å². The second-order valence-corrected chi connectivity index (χ2v) is 7.23. The molecular weight excluding hydrogens is 294 g/mol. The van der Waals surface area contributed by atoms with E-state index < -0.39 is 0 Å². The summed E-state index contributed by atoms with van der Waals surface area (Å²) in [5.41, 5.74) is 0.530. The van der Waals surface area contributed by atoms with Crippen LogP contribution in [0.5, 0.6) is 0 Å². The van der Waals surface area contributed by atoms with Gasteiger partial charge in [-0.1, -0.05) is 27.7 Å². The van der Waals surface area contributed by atoms with E-state index in [4.69, 9.17) is 0 Å². The van der Waals surface area contributed by atoms with E-state index >= 15 is 0 Å². The molecule has 7 heteroatoms. The number of nitrogens with zero attached hydrogens (tertiary/aromatic N) is 5. The molecule has 0 N–H and O–H groups in total. The topological polar surface area (TPSA) is 65.1 Å². The molecule has 0 spiro atoms. The van der Waals surface area contributed by atoms with Crippen LogP contribution in [0, 0.1) is 11.8 Å². The van der Waals surface area contributed by atoms with Gasteiger partial charge in [0.15, 0.2) is 11.2 Å². The van der Waals surface area contributed by atoms with Gasteiger partial charge in [0.2, 0.25) is 5.95 Å². The molecule has 0 fully saturated rings. The van der Waals surface area contributed by atoms with Crippen LogP contribution in [0.4, 0.5) is 5.95 Å². The van der Waals surface area contributed by atoms with Gasteiger partial charge in [-0.15, -0.1) is 0 Å². The van der Waals surface area contributed by atoms with Gasteiger partial charge in [0, 0.05) is 33.2 Å². The minimum atomic E-state index is -0.289. The number of aryl methyl sites for hydroxylation is 1. The number of imidazole rings is 1. The van der Waals surface area contributed by atoms with Crippen LogP contribution in [0.15, 0.2) is 9.59 Å². The lowest BCUT2D eigenvalue weighted by Gasteiger charge is -2.17. The van der Waals surface area contributed by atoms with Crippen molar-refractivity contribution in [2.45, 2.75) is 40.8 Å². The predicted molar refractivity (Wildman–Crippen MR) is 91.1 cm³/mol. The van der Waals surface area contributed by atoms with E-state index in [1.807, 2.05) is 18.4 Å². The molecule has 3 heterocycles. The fourth-order valence-corrected chi connectivity index (χ4v) is 3.27. The van der Waals surface area contributed by atoms with Crippen LogP contribution in [0.1, 0.15) is 27.7 Å². The summed E-state index contributed by atoms with van der Waals surface area (Å²) in [5, 5.41) is 0. The summed E-state index contributed by atoms with van der Waals surface area (Å²) in [4.78, 5) is 32.1. The number of aromatic nitrogens is 4. The second-order valence-electron chi connectivity index (χ2n) is 7.23. The molecule has 23 heavy (non-hydrogen) atoms. The molecule has 0 radical (unpaired) electrons. The Kier molecular flexibility index (Phi) is 3.82. The Labute approximate surface area is 135 Å². The third-order valence-electron chi connectivity index (χ3n) is 4.22. The molecule has 1 aliphatic rings. The average Bonchev–Trinajstić information content (AvgIpc) is 3.01. The summed E-state index contributed by atoms with van der Waals surface area (Å²) in [7, 11) is 1.69. The molecule has 0 bridgehead atoms. The normalized spacial score (nSPS) is 14.5. The predicted octanol–water partition coefficient (Wildman–Crippen LogP) is 1.03. The molecule has 0 amide bonds. The van der Waals surface area contributed by atoms with E-state index in [1.54, 1.807) is 7.05 Å². The van der Waals surface area contributed by atoms with Gasteiger partial charge in [-0.25, -0.2) is 4.79 Å². The molecule has 0 atom stereocenters. The summed E-state index contributed by atoms with van der Waals surface area (Å²) in [6, 6.07) is 0. The van der Waals surface area contributed by atoms with Gasteiger partial charge in [-0.05, 0) is 11.8 Å². The molecule has 0 saturated heterocycles. The van der Waals surface area contributed by atoms with Crippen molar-refractivity contribution in [3.05, 3.63) is 20.8 Å². The standard InChI is InChI=1S/C16H25N5O2/c1-10(2)8-19-6-7-20-12-13(17-15(19)20)18(5)16(23)21(14(12)22)9-11(3)4/h10-11H,6-9H2,1-5H3. The zero-order valence-corrected chi connectivity index (χ0v) is 14.5. The van der Waals surface area contributed by atoms with E-state index in [1.165, 1.54) is 9.13 Å². The lowest BCUT2D eigenvalue weighted by atomic mass is 10.2. The number of hydrogen-bond donors (Lipinski definition) is 0. The highest BCUT2D eigenvalue weighted by molar-refractivity contribution is 5.75. The van der Waals surface area contributed by atoms with Crippen molar-refractivity contribution >= 4 is 17.1 Å². The van der Waals surface area contributed by atoms with Crippen LogP contribution < -0.4 is 16.1 Å². The molecular formula is C16H25N5O2. The van der Waals surface area contributed by atoms with E-state index in [-0.39, 0.29) is 17.2 Å². The molecule has 2 aromatic heterocycles. The van der Waals surface area contributed by atoms with Crippen LogP contribution in [0.3, 0.4) is 0 Å². The zero-order chi connectivity index (χ0) is 16.9. The van der Waals surface area contributed by atoms with Crippen molar-refractivity contribution in [2.75, 3.05) is 18.0 Å². The van der Waals surface area contributed by atoms with E-state index in [0.717, 1.165) is 25.6 Å². The number of rotatable bonds is 4. The summed E-state index contributed by atoms with van der Waals surface area (Å²) in [5.74, 6) is 1.56. The Morgan fingerprint density at radius 3 is 2.30 bits per heavy atom. The maximum absolute atomic E-state index is 12.9. The summed E-state index contributed by atoms with van der Waals surface area (Å²) >= 11 is 0. The van der Waals surface area contributed by atoms with Gasteiger partial charge < -0.3 is 9.47 Å². The number of anilines is 1. The van der Waals surface area contributed by atoms with Crippen LogP contribution >= 0.6 is 0 Å². The van der Waals surface area contributed by atoms with Crippen molar-refractivity contribution in [2.24, 2.45) is 18.9 Å². The van der Waals surface area contributed by atoms with Crippen molar-refractivity contribution < 1.29 is 0 Å². The van der Waals surface area contributed by atoms with Crippen molar-refractivity contribution in [1.29, 1.82) is 0 Å². The van der Waals surface area contributed by atoms with Gasteiger partial charge in [0.1, 0.15) is 0 Å². The maximum atomic E-state index is 12.9. The first-order valence-electron chi connectivity index (χ1n) is 8.26. The molecule has 3 rings (SSSR count). The number of fused-ring (bicyclic) bond motifs is 3. The average molecular weight is 319 g/mol. The van der Waals surface area contributed by atoms with Gasteiger partial charge >= 0.3 is 5.69 Å². The third kappa shape index (κ3) is 2.48. The van der Waals surface area contributed by atoms with E-state index in [2.05, 4.69) is 23.7 Å². The summed E-state index contributed by atoms with van der Waals surface area (Å²) < 4.78 is 4.81. The quantitative estimate of drug-likeness (QED) is 0.844. The first-order chi connectivity index (χ1) is 10.8. The summed E-state index contributed by atoms with van der Waals surface area (Å²) in [6.45, 7) is 11.3. The number of hydrogen-bond acceptors (Lipinski definition) is 4. The van der Waals surface area contributed by atoms with Crippen LogP contribution in [-0.4, -0.2) is 31.8 Å². The van der Waals surface area contributed by atoms with Crippen LogP contribution in [-0.2, 0) is 20.1 Å². The highest BCUT2D eigenvalue weighted by Crippen LogP contribution is 2.25. The first-order valence-corrected chi connectivity index (χ1v) is 8.26. The lowest BCUT2D eigenvalue weighted by Crippen LogP contribution is -2.40. The highest BCUT2D eigenvalue weighted by Gasteiger charge is 2.28. The monoisotopic (exact) mass is 319 g/mol. The minimum absolute atomic E-state index is 0.220. The van der Waals surface area contributed by atoms with Gasteiger partial charge in [0.05, 0.1) is 0 Å². The zero-order valence-electron chi connectivity index (χ0n) is 14.5. The fraction of sp³-hybridized carbons (Fsp3) is 0.688. The second kappa shape index (κ2) is 5.54. The van der Waals surface area contributed by atoms with Crippen molar-refractivity contribution in [3.63, 3.8) is 0 Å². The van der Waals surface area contributed by atoms with Crippen LogP contribution in [0.2, 0.25) is 0 Å². The van der Waals surface area contributed by atoms with E-state index in [9.17, 15) is 9.59 Å². The molecule has 0 saturated carbocycles. The fourth-order valence-electron chi connectivity index (χ4n) is 3.27. The van der Waals surface area contributed by atoms with Crippen molar-refractivity contribution in [3.8, 4) is 0 Å². The molecule has 7 nitrogen and oxygen atoms in total. The SMILES string of the molecule is CC(C)CN1CCn2c1nc1c2c(=O)n(CC(C)C)c(=O)n1C. The van der Waals surface area contributed by atoms with E-state index in [0.29, 0.717) is 23.6 Å². The third-order valence-corrected chi connectivity index (χ3v) is 4.22. The van der Waals surface area contributed by atoms with Gasteiger partial charge in [-0.3, -0.25) is 13.9 Å². The largest absolute Gasteiger partial charge is 0.340 e. The molecule has 126 valence electrons. The molecule has 2 aromatic rings. The first kappa shape index (κ1) is 15.8. The lowest BCUT2D eigenvalue weighted by molar-refractivity contribution is 0.483. The highest BCUT2D eigenvalue weighted by atomic mass is 16.2. The molecule has 0 aliphatic carbocycles. The molecule has 0 aromatic carbocycles. The summed E-state index contributed by atoms with van der Waals surface area (Å²) in [6.07, 6.45) is 0.